The molecular formula is C40H80N2O7. The highest BCUT2D eigenvalue weighted by Gasteiger charge is 2.02. The molecule has 0 rings (SSSR count). The number of amides is 2. The molecule has 0 aliphatic rings. The second kappa shape index (κ2) is 42.9. The Kier molecular flexibility index (Phi) is 41.8. The summed E-state index contributed by atoms with van der Waals surface area (Å²) in [5.41, 5.74) is 0. The largest absolute Gasteiger partial charge is 0.377 e. The lowest BCUT2D eigenvalue weighted by Gasteiger charge is -2.09. The van der Waals surface area contributed by atoms with E-state index in [4.69, 9.17) is 23.7 Å². The molecule has 0 spiro atoms. The van der Waals surface area contributed by atoms with Crippen LogP contribution in [0.25, 0.3) is 0 Å². The van der Waals surface area contributed by atoms with Crippen molar-refractivity contribution in [2.24, 2.45) is 0 Å². The van der Waals surface area contributed by atoms with Gasteiger partial charge in [-0.1, -0.05) is 155 Å². The summed E-state index contributed by atoms with van der Waals surface area (Å²) in [5, 5.41) is 5.86. The maximum absolute atomic E-state index is 11.9. The molecule has 0 aromatic heterocycles. The number of carbonyl (C=O) groups is 2. The number of nitrogens with one attached hydrogen (secondary N) is 2. The van der Waals surface area contributed by atoms with E-state index in [1.165, 1.54) is 141 Å². The van der Waals surface area contributed by atoms with Gasteiger partial charge in [0.1, 0.15) is 13.2 Å². The average Bonchev–Trinajstić information content (AvgIpc) is 3.10. The minimum Gasteiger partial charge on any atom is -0.377 e. The van der Waals surface area contributed by atoms with Gasteiger partial charge in [0, 0.05) is 13.1 Å². The van der Waals surface area contributed by atoms with Gasteiger partial charge in [0.2, 0.25) is 11.8 Å². The van der Waals surface area contributed by atoms with Crippen molar-refractivity contribution in [2.75, 3.05) is 79.2 Å². The van der Waals surface area contributed by atoms with Gasteiger partial charge in [-0.25, -0.2) is 0 Å². The van der Waals surface area contributed by atoms with Crippen molar-refractivity contribution in [3.8, 4) is 0 Å². The molecule has 0 fully saturated rings. The van der Waals surface area contributed by atoms with Crippen LogP contribution >= 0.6 is 0 Å². The lowest BCUT2D eigenvalue weighted by atomic mass is 10.1. The third kappa shape index (κ3) is 42.8. The fourth-order valence-corrected chi connectivity index (χ4v) is 5.60. The number of hydrogen-bond acceptors (Lipinski definition) is 7. The first-order chi connectivity index (χ1) is 24.2. The van der Waals surface area contributed by atoms with E-state index in [1.54, 1.807) is 0 Å². The molecule has 0 aromatic carbocycles. The van der Waals surface area contributed by atoms with Crippen LogP contribution in [0.3, 0.4) is 0 Å². The molecular weight excluding hydrogens is 620 g/mol. The SMILES string of the molecule is CCCCCCCCCCCCCCNC(=O)COCCOCCOCCOCCOCC(=O)NCCCCCCCCCCCCCC. The molecule has 0 aliphatic heterocycles. The van der Waals surface area contributed by atoms with E-state index in [0.29, 0.717) is 52.9 Å². The Morgan fingerprint density at radius 3 is 0.816 bits per heavy atom. The molecule has 0 radical (unpaired) electrons. The zero-order valence-electron chi connectivity index (χ0n) is 32.3. The number of rotatable bonds is 42. The van der Waals surface area contributed by atoms with Gasteiger partial charge in [0.25, 0.3) is 0 Å². The third-order valence-corrected chi connectivity index (χ3v) is 8.66. The molecule has 292 valence electrons. The summed E-state index contributed by atoms with van der Waals surface area (Å²) in [6.45, 7) is 9.61. The highest BCUT2D eigenvalue weighted by atomic mass is 16.6. The number of ether oxygens (including phenoxy) is 5. The number of unbranched alkanes of at least 4 members (excludes halogenated alkanes) is 22. The van der Waals surface area contributed by atoms with Gasteiger partial charge in [0.15, 0.2) is 0 Å². The second-order valence-electron chi connectivity index (χ2n) is 13.4. The summed E-state index contributed by atoms with van der Waals surface area (Å²) < 4.78 is 27.2. The van der Waals surface area contributed by atoms with Crippen LogP contribution in [-0.4, -0.2) is 91.0 Å². The Hall–Kier alpha value is -1.26. The second-order valence-corrected chi connectivity index (χ2v) is 13.4. The average molecular weight is 701 g/mol. The molecule has 9 heteroatoms. The van der Waals surface area contributed by atoms with Crippen LogP contribution in [0, 0.1) is 0 Å². The summed E-state index contributed by atoms with van der Waals surface area (Å²) in [6, 6.07) is 0. The zero-order valence-corrected chi connectivity index (χ0v) is 32.3. The molecule has 49 heavy (non-hydrogen) atoms. The van der Waals surface area contributed by atoms with Crippen molar-refractivity contribution < 1.29 is 33.3 Å². The third-order valence-electron chi connectivity index (χ3n) is 8.66. The van der Waals surface area contributed by atoms with Gasteiger partial charge in [-0.05, 0) is 12.8 Å². The van der Waals surface area contributed by atoms with Crippen molar-refractivity contribution in [2.45, 2.75) is 168 Å². The normalized spacial score (nSPS) is 11.3. The molecule has 0 saturated carbocycles. The molecule has 2 amide bonds. The molecule has 0 aliphatic carbocycles. The molecule has 0 unspecified atom stereocenters. The Bertz CT molecular complexity index is 615. The Balaban J connectivity index is 3.21. The lowest BCUT2D eigenvalue weighted by molar-refractivity contribution is -0.126. The monoisotopic (exact) mass is 701 g/mol. The van der Waals surface area contributed by atoms with Gasteiger partial charge >= 0.3 is 0 Å². The van der Waals surface area contributed by atoms with Crippen LogP contribution < -0.4 is 10.6 Å². The van der Waals surface area contributed by atoms with Gasteiger partial charge in [-0.15, -0.1) is 0 Å². The van der Waals surface area contributed by atoms with E-state index in [1.807, 2.05) is 0 Å². The maximum Gasteiger partial charge on any atom is 0.245 e. The fraction of sp³-hybridized carbons (Fsp3) is 0.950. The van der Waals surface area contributed by atoms with E-state index in [2.05, 4.69) is 24.5 Å². The van der Waals surface area contributed by atoms with Crippen LogP contribution in [0.4, 0.5) is 0 Å². The molecule has 0 bridgehead atoms. The first-order valence-corrected chi connectivity index (χ1v) is 20.6. The van der Waals surface area contributed by atoms with Gasteiger partial charge < -0.3 is 34.3 Å². The predicted octanol–water partition coefficient (Wildman–Crippen LogP) is 8.70. The van der Waals surface area contributed by atoms with Gasteiger partial charge in [-0.2, -0.15) is 0 Å². The Morgan fingerprint density at radius 1 is 0.327 bits per heavy atom. The van der Waals surface area contributed by atoms with Gasteiger partial charge in [-0.3, -0.25) is 9.59 Å². The number of carbonyl (C=O) groups excluding carboxylic acids is 2. The van der Waals surface area contributed by atoms with Crippen LogP contribution in [0.1, 0.15) is 168 Å². The van der Waals surface area contributed by atoms with E-state index >= 15 is 0 Å². The zero-order chi connectivity index (χ0) is 35.6. The quantitative estimate of drug-likeness (QED) is 0.0614. The minimum atomic E-state index is -0.0647. The fourth-order valence-electron chi connectivity index (χ4n) is 5.60. The van der Waals surface area contributed by atoms with Crippen LogP contribution in [0.5, 0.6) is 0 Å². The van der Waals surface area contributed by atoms with Crippen molar-refractivity contribution >= 4 is 11.8 Å². The van der Waals surface area contributed by atoms with Crippen molar-refractivity contribution in [1.29, 1.82) is 0 Å². The Morgan fingerprint density at radius 2 is 0.551 bits per heavy atom. The summed E-state index contributed by atoms with van der Waals surface area (Å²) in [6.07, 6.45) is 31.5. The molecule has 0 saturated heterocycles. The van der Waals surface area contributed by atoms with Crippen LogP contribution in [0.2, 0.25) is 0 Å². The maximum atomic E-state index is 11.9. The molecule has 2 N–H and O–H groups in total. The molecule has 0 heterocycles. The van der Waals surface area contributed by atoms with E-state index in [-0.39, 0.29) is 25.0 Å². The highest BCUT2D eigenvalue weighted by Crippen LogP contribution is 2.13. The van der Waals surface area contributed by atoms with E-state index in [0.717, 1.165) is 25.9 Å². The van der Waals surface area contributed by atoms with Crippen LogP contribution in [0.15, 0.2) is 0 Å². The predicted molar refractivity (Wildman–Crippen MR) is 202 cm³/mol. The number of hydrogen-bond donors (Lipinski definition) is 2. The smallest absolute Gasteiger partial charge is 0.245 e. The molecule has 0 aromatic rings. The first-order valence-electron chi connectivity index (χ1n) is 20.6. The standard InChI is InChI=1S/C40H80N2O7/c1-3-5-7-9-11-13-15-17-19-21-23-25-27-41-39(43)37-48-35-33-46-31-29-45-30-32-47-34-36-49-38-40(44)42-28-26-24-22-20-18-16-14-12-10-8-6-4-2/h3-38H2,1-2H3,(H,41,43)(H,42,44). The summed E-state index contributed by atoms with van der Waals surface area (Å²) in [5.74, 6) is -0.129. The van der Waals surface area contributed by atoms with Gasteiger partial charge in [0.05, 0.1) is 52.9 Å². The summed E-state index contributed by atoms with van der Waals surface area (Å²) >= 11 is 0. The van der Waals surface area contributed by atoms with Crippen molar-refractivity contribution in [3.05, 3.63) is 0 Å². The van der Waals surface area contributed by atoms with Crippen molar-refractivity contribution in [3.63, 3.8) is 0 Å². The minimum absolute atomic E-state index is 0.0647. The van der Waals surface area contributed by atoms with Crippen molar-refractivity contribution in [1.82, 2.24) is 10.6 Å². The highest BCUT2D eigenvalue weighted by molar-refractivity contribution is 5.77. The van der Waals surface area contributed by atoms with Crippen LogP contribution in [-0.2, 0) is 33.3 Å². The molecule has 0 atom stereocenters. The summed E-state index contributed by atoms with van der Waals surface area (Å²) in [4.78, 5) is 23.8. The lowest BCUT2D eigenvalue weighted by Crippen LogP contribution is -2.29. The van der Waals surface area contributed by atoms with E-state index < -0.39 is 0 Å². The topological polar surface area (TPSA) is 104 Å². The Labute approximate surface area is 302 Å². The van der Waals surface area contributed by atoms with E-state index in [9.17, 15) is 9.59 Å². The summed E-state index contributed by atoms with van der Waals surface area (Å²) in [7, 11) is 0. The first kappa shape index (κ1) is 47.7. The molecule has 9 nitrogen and oxygen atoms in total.